The van der Waals surface area contributed by atoms with Crippen LogP contribution in [0.5, 0.6) is 0 Å². The zero-order valence-corrected chi connectivity index (χ0v) is 9.49. The Labute approximate surface area is 91.6 Å². The molecule has 0 saturated carbocycles. The molecule has 0 aliphatic carbocycles. The van der Waals surface area contributed by atoms with Crippen LogP contribution >= 0.6 is 0 Å². The Hall–Kier alpha value is -0.860. The number of rotatable bonds is 2. The van der Waals surface area contributed by atoms with Gasteiger partial charge < -0.3 is 10.1 Å². The molecule has 1 saturated heterocycles. The molecule has 0 aromatic heterocycles. The molecule has 0 amide bonds. The Morgan fingerprint density at radius 1 is 1.40 bits per heavy atom. The first kappa shape index (κ1) is 10.7. The lowest BCUT2D eigenvalue weighted by Gasteiger charge is -2.38. The van der Waals surface area contributed by atoms with E-state index in [1.165, 1.54) is 5.56 Å². The van der Waals surface area contributed by atoms with Gasteiger partial charge in [0.05, 0.1) is 18.2 Å². The first-order valence-electron chi connectivity index (χ1n) is 5.66. The van der Waals surface area contributed by atoms with Crippen molar-refractivity contribution in [1.82, 2.24) is 5.32 Å². The fourth-order valence-electron chi connectivity index (χ4n) is 1.86. The molecule has 2 heteroatoms. The lowest BCUT2D eigenvalue weighted by atomic mass is 9.98. The van der Waals surface area contributed by atoms with Gasteiger partial charge in [-0.1, -0.05) is 37.3 Å². The summed E-state index contributed by atoms with van der Waals surface area (Å²) in [7, 11) is 0. The number of hydrogen-bond donors (Lipinski definition) is 1. The lowest BCUT2D eigenvalue weighted by molar-refractivity contribution is -0.0733. The Balaban J connectivity index is 2.00. The van der Waals surface area contributed by atoms with Gasteiger partial charge in [-0.15, -0.1) is 0 Å². The van der Waals surface area contributed by atoms with Crippen molar-refractivity contribution in [3.05, 3.63) is 35.9 Å². The van der Waals surface area contributed by atoms with Gasteiger partial charge in [-0.2, -0.15) is 0 Å². The maximum Gasteiger partial charge on any atom is 0.0776 e. The van der Waals surface area contributed by atoms with Crippen LogP contribution in [-0.4, -0.2) is 18.8 Å². The second-order valence-electron chi connectivity index (χ2n) is 4.46. The first-order valence-corrected chi connectivity index (χ1v) is 5.66. The minimum Gasteiger partial charge on any atom is -0.372 e. The number of morpholine rings is 1. The molecule has 2 nitrogen and oxygen atoms in total. The second-order valence-corrected chi connectivity index (χ2v) is 4.46. The topological polar surface area (TPSA) is 21.3 Å². The van der Waals surface area contributed by atoms with E-state index in [-0.39, 0.29) is 5.60 Å². The minimum absolute atomic E-state index is 0.0191. The third-order valence-corrected chi connectivity index (χ3v) is 3.27. The Kier molecular flexibility index (Phi) is 3.08. The van der Waals surface area contributed by atoms with E-state index in [9.17, 15) is 0 Å². The number of ether oxygens (including phenoxy) is 1. The molecule has 2 unspecified atom stereocenters. The average Bonchev–Trinajstić information content (AvgIpc) is 2.31. The van der Waals surface area contributed by atoms with Gasteiger partial charge in [-0.05, 0) is 18.9 Å². The zero-order chi connectivity index (χ0) is 10.7. The van der Waals surface area contributed by atoms with Crippen LogP contribution in [0.15, 0.2) is 30.3 Å². The largest absolute Gasteiger partial charge is 0.372 e. The molecule has 0 radical (unpaired) electrons. The Morgan fingerprint density at radius 2 is 2.13 bits per heavy atom. The van der Waals surface area contributed by atoms with Gasteiger partial charge in [-0.3, -0.25) is 0 Å². The highest BCUT2D eigenvalue weighted by Crippen LogP contribution is 2.24. The monoisotopic (exact) mass is 205 g/mol. The molecule has 1 aliphatic heterocycles. The lowest BCUT2D eigenvalue weighted by Crippen LogP contribution is -2.48. The molecule has 82 valence electrons. The van der Waals surface area contributed by atoms with E-state index in [1.54, 1.807) is 0 Å². The fourth-order valence-corrected chi connectivity index (χ4v) is 1.86. The van der Waals surface area contributed by atoms with Gasteiger partial charge in [0.25, 0.3) is 0 Å². The molecular formula is C13H19NO. The summed E-state index contributed by atoms with van der Waals surface area (Å²) in [5.74, 6) is 0. The summed E-state index contributed by atoms with van der Waals surface area (Å²) in [5, 5.41) is 3.55. The maximum atomic E-state index is 5.92. The van der Waals surface area contributed by atoms with Gasteiger partial charge >= 0.3 is 0 Å². The highest BCUT2D eigenvalue weighted by Gasteiger charge is 2.30. The molecule has 1 heterocycles. The molecule has 1 fully saturated rings. The summed E-state index contributed by atoms with van der Waals surface area (Å²) in [6.45, 7) is 6.04. The summed E-state index contributed by atoms with van der Waals surface area (Å²) >= 11 is 0. The quantitative estimate of drug-likeness (QED) is 0.801. The van der Waals surface area contributed by atoms with Crippen LogP contribution < -0.4 is 5.32 Å². The third kappa shape index (κ3) is 2.39. The van der Waals surface area contributed by atoms with E-state index in [0.29, 0.717) is 6.04 Å². The summed E-state index contributed by atoms with van der Waals surface area (Å²) in [5.41, 5.74) is 1.33. The Bertz CT molecular complexity index is 302. The van der Waals surface area contributed by atoms with Gasteiger partial charge in [0.15, 0.2) is 0 Å². The van der Waals surface area contributed by atoms with Crippen LogP contribution in [0, 0.1) is 0 Å². The summed E-state index contributed by atoms with van der Waals surface area (Å²) < 4.78 is 5.92. The van der Waals surface area contributed by atoms with Crippen LogP contribution in [0.2, 0.25) is 0 Å². The van der Waals surface area contributed by atoms with Crippen LogP contribution in [0.1, 0.15) is 31.9 Å². The minimum atomic E-state index is 0.0191. The molecule has 2 atom stereocenters. The normalized spacial score (nSPS) is 31.5. The highest BCUT2D eigenvalue weighted by atomic mass is 16.5. The van der Waals surface area contributed by atoms with Crippen LogP contribution in [-0.2, 0) is 4.74 Å². The van der Waals surface area contributed by atoms with Crippen molar-refractivity contribution < 1.29 is 4.74 Å². The average molecular weight is 205 g/mol. The SMILES string of the molecule is CCC1(C)CNC(c2ccccc2)CO1. The summed E-state index contributed by atoms with van der Waals surface area (Å²) in [4.78, 5) is 0. The highest BCUT2D eigenvalue weighted by molar-refractivity contribution is 5.19. The van der Waals surface area contributed by atoms with Crippen molar-refractivity contribution in [3.8, 4) is 0 Å². The van der Waals surface area contributed by atoms with Gasteiger partial charge in [0, 0.05) is 6.54 Å². The summed E-state index contributed by atoms with van der Waals surface area (Å²) in [6, 6.07) is 10.8. The van der Waals surface area contributed by atoms with Crippen molar-refractivity contribution >= 4 is 0 Å². The van der Waals surface area contributed by atoms with Gasteiger partial charge in [-0.25, -0.2) is 0 Å². The van der Waals surface area contributed by atoms with Crippen molar-refractivity contribution in [1.29, 1.82) is 0 Å². The van der Waals surface area contributed by atoms with E-state index in [2.05, 4.69) is 43.4 Å². The van der Waals surface area contributed by atoms with Crippen LogP contribution in [0.4, 0.5) is 0 Å². The van der Waals surface area contributed by atoms with Crippen molar-refractivity contribution in [2.24, 2.45) is 0 Å². The van der Waals surface area contributed by atoms with Crippen molar-refractivity contribution in [2.45, 2.75) is 31.9 Å². The zero-order valence-electron chi connectivity index (χ0n) is 9.49. The smallest absolute Gasteiger partial charge is 0.0776 e. The maximum absolute atomic E-state index is 5.92. The molecule has 2 rings (SSSR count). The second kappa shape index (κ2) is 4.33. The van der Waals surface area contributed by atoms with E-state index >= 15 is 0 Å². The van der Waals surface area contributed by atoms with Gasteiger partial charge in [0.2, 0.25) is 0 Å². The van der Waals surface area contributed by atoms with Crippen LogP contribution in [0.3, 0.4) is 0 Å². The fraction of sp³-hybridized carbons (Fsp3) is 0.538. The van der Waals surface area contributed by atoms with Gasteiger partial charge in [0.1, 0.15) is 0 Å². The molecule has 1 N–H and O–H groups in total. The number of benzene rings is 1. The van der Waals surface area contributed by atoms with E-state index in [4.69, 9.17) is 4.74 Å². The molecule has 0 spiro atoms. The van der Waals surface area contributed by atoms with E-state index < -0.39 is 0 Å². The predicted molar refractivity (Wildman–Crippen MR) is 61.8 cm³/mol. The number of nitrogens with one attached hydrogen (secondary N) is 1. The molecule has 15 heavy (non-hydrogen) atoms. The van der Waals surface area contributed by atoms with Crippen LogP contribution in [0.25, 0.3) is 0 Å². The molecule has 1 aromatic carbocycles. The van der Waals surface area contributed by atoms with Crippen molar-refractivity contribution in [2.75, 3.05) is 13.2 Å². The number of hydrogen-bond acceptors (Lipinski definition) is 2. The Morgan fingerprint density at radius 3 is 2.67 bits per heavy atom. The first-order chi connectivity index (χ1) is 7.23. The molecular weight excluding hydrogens is 186 g/mol. The molecule has 0 bridgehead atoms. The predicted octanol–water partition coefficient (Wildman–Crippen LogP) is 2.52. The van der Waals surface area contributed by atoms with E-state index in [1.807, 2.05) is 6.07 Å². The molecule has 1 aromatic rings. The van der Waals surface area contributed by atoms with E-state index in [0.717, 1.165) is 19.6 Å². The van der Waals surface area contributed by atoms with Crippen molar-refractivity contribution in [3.63, 3.8) is 0 Å². The standard InChI is InChI=1S/C13H19NO/c1-3-13(2)10-14-12(9-15-13)11-7-5-4-6-8-11/h4-8,12,14H,3,9-10H2,1-2H3. The molecule has 1 aliphatic rings. The third-order valence-electron chi connectivity index (χ3n) is 3.27. The summed E-state index contributed by atoms with van der Waals surface area (Å²) in [6.07, 6.45) is 1.06.